The number of pyridine rings is 1. The summed E-state index contributed by atoms with van der Waals surface area (Å²) in [4.78, 5) is 4.13. The lowest BCUT2D eigenvalue weighted by Crippen LogP contribution is -1.83. The van der Waals surface area contributed by atoms with Crippen molar-refractivity contribution in [3.63, 3.8) is 0 Å². The van der Waals surface area contributed by atoms with E-state index in [1.807, 2.05) is 13.0 Å². The second-order valence-corrected chi connectivity index (χ2v) is 4.23. The van der Waals surface area contributed by atoms with Crippen molar-refractivity contribution in [1.82, 2.24) is 4.98 Å². The Bertz CT molecular complexity index is 419. The number of aromatic nitrogens is 1. The zero-order valence-corrected chi connectivity index (χ0v) is 9.58. The smallest absolute Gasteiger partial charge is 0.148 e. The summed E-state index contributed by atoms with van der Waals surface area (Å²) in [6.45, 7) is 1.93. The van der Waals surface area contributed by atoms with Crippen LogP contribution in [0.5, 0.6) is 0 Å². The number of aryl methyl sites for hydroxylation is 1. The first-order valence-corrected chi connectivity index (χ1v) is 5.13. The van der Waals surface area contributed by atoms with Crippen LogP contribution in [0.4, 0.5) is 0 Å². The van der Waals surface area contributed by atoms with Gasteiger partial charge in [-0.25, -0.2) is 4.98 Å². The van der Waals surface area contributed by atoms with Crippen molar-refractivity contribution >= 4 is 45.7 Å². The topological polar surface area (TPSA) is 12.9 Å². The van der Waals surface area contributed by atoms with E-state index in [-0.39, 0.29) is 0 Å². The van der Waals surface area contributed by atoms with Crippen LogP contribution >= 0.6 is 34.8 Å². The Balaban J connectivity index is 2.83. The molecule has 0 bridgehead atoms. The second kappa shape index (κ2) is 3.58. The lowest BCUT2D eigenvalue weighted by atomic mass is 10.1. The number of benzene rings is 1. The molecule has 0 fully saturated rings. The van der Waals surface area contributed by atoms with E-state index in [2.05, 4.69) is 4.98 Å². The van der Waals surface area contributed by atoms with Crippen molar-refractivity contribution in [3.05, 3.63) is 39.0 Å². The van der Waals surface area contributed by atoms with Gasteiger partial charge in [0.25, 0.3) is 0 Å². The second-order valence-electron chi connectivity index (χ2n) is 3.06. The third-order valence-electron chi connectivity index (χ3n) is 2.01. The zero-order chi connectivity index (χ0) is 10.3. The number of hydrogen-bond donors (Lipinski definition) is 0. The van der Waals surface area contributed by atoms with E-state index in [0.717, 1.165) is 16.5 Å². The fourth-order valence-electron chi connectivity index (χ4n) is 1.26. The predicted molar refractivity (Wildman–Crippen MR) is 61.5 cm³/mol. The molecule has 14 heavy (non-hydrogen) atoms. The van der Waals surface area contributed by atoms with Gasteiger partial charge >= 0.3 is 0 Å². The van der Waals surface area contributed by atoms with Crippen LogP contribution in [0.1, 0.15) is 5.56 Å². The molecule has 4 heteroatoms. The van der Waals surface area contributed by atoms with Crippen LogP contribution in [0.15, 0.2) is 18.2 Å². The average molecular weight is 247 g/mol. The molecule has 0 N–H and O–H groups in total. The van der Waals surface area contributed by atoms with E-state index >= 15 is 0 Å². The average Bonchev–Trinajstić information content (AvgIpc) is 2.11. The third kappa shape index (κ3) is 1.68. The standard InChI is InChI=1S/C10H6Cl3N/c1-5-2-6-3-8(12)10(13)14-9(6)4-7(5)11/h2-4H,1H3. The summed E-state index contributed by atoms with van der Waals surface area (Å²) in [6, 6.07) is 5.51. The van der Waals surface area contributed by atoms with Gasteiger partial charge < -0.3 is 0 Å². The minimum atomic E-state index is 0.305. The van der Waals surface area contributed by atoms with Crippen molar-refractivity contribution in [1.29, 1.82) is 0 Å². The Labute approximate surface area is 96.6 Å². The van der Waals surface area contributed by atoms with Gasteiger partial charge in [0.1, 0.15) is 5.15 Å². The molecule has 0 radical (unpaired) electrons. The van der Waals surface area contributed by atoms with Crippen LogP contribution in [0.2, 0.25) is 15.2 Å². The van der Waals surface area contributed by atoms with Crippen LogP contribution in [-0.2, 0) is 0 Å². The highest BCUT2D eigenvalue weighted by Crippen LogP contribution is 2.28. The molecule has 1 aromatic carbocycles. The number of fused-ring (bicyclic) bond motifs is 1. The number of rotatable bonds is 0. The molecule has 0 aliphatic carbocycles. The highest BCUT2D eigenvalue weighted by Gasteiger charge is 2.04. The van der Waals surface area contributed by atoms with Gasteiger partial charge in [-0.3, -0.25) is 0 Å². The normalized spacial score (nSPS) is 10.9. The molecule has 0 unspecified atom stereocenters. The van der Waals surface area contributed by atoms with Gasteiger partial charge in [-0.15, -0.1) is 0 Å². The first-order valence-electron chi connectivity index (χ1n) is 4.00. The number of halogens is 3. The van der Waals surface area contributed by atoms with Crippen molar-refractivity contribution in [2.75, 3.05) is 0 Å². The lowest BCUT2D eigenvalue weighted by Gasteiger charge is -2.03. The molecule has 72 valence electrons. The number of hydrogen-bond acceptors (Lipinski definition) is 1. The van der Waals surface area contributed by atoms with E-state index in [9.17, 15) is 0 Å². The molecule has 0 aliphatic rings. The minimum Gasteiger partial charge on any atom is -0.234 e. The number of nitrogens with zero attached hydrogens (tertiary/aromatic N) is 1. The van der Waals surface area contributed by atoms with Gasteiger partial charge in [0, 0.05) is 10.4 Å². The minimum absolute atomic E-state index is 0.305. The van der Waals surface area contributed by atoms with Crippen molar-refractivity contribution < 1.29 is 0 Å². The Morgan fingerprint density at radius 3 is 2.43 bits per heavy atom. The molecule has 0 aliphatic heterocycles. The zero-order valence-electron chi connectivity index (χ0n) is 7.31. The Hall–Kier alpha value is -0.500. The molecule has 2 rings (SSSR count). The maximum absolute atomic E-state index is 5.96. The van der Waals surface area contributed by atoms with E-state index in [1.165, 1.54) is 0 Å². The van der Waals surface area contributed by atoms with E-state index < -0.39 is 0 Å². The van der Waals surface area contributed by atoms with E-state index in [0.29, 0.717) is 15.2 Å². The molecule has 1 nitrogen and oxygen atoms in total. The predicted octanol–water partition coefficient (Wildman–Crippen LogP) is 4.50. The van der Waals surface area contributed by atoms with E-state index in [4.69, 9.17) is 34.8 Å². The SMILES string of the molecule is Cc1cc2cc(Cl)c(Cl)nc2cc1Cl. The molecule has 1 aromatic heterocycles. The van der Waals surface area contributed by atoms with Crippen molar-refractivity contribution in [2.24, 2.45) is 0 Å². The maximum atomic E-state index is 5.96. The molecular formula is C10H6Cl3N. The molecule has 2 aromatic rings. The maximum Gasteiger partial charge on any atom is 0.148 e. The van der Waals surface area contributed by atoms with Gasteiger partial charge in [-0.1, -0.05) is 34.8 Å². The highest BCUT2D eigenvalue weighted by molar-refractivity contribution is 6.41. The lowest BCUT2D eigenvalue weighted by molar-refractivity contribution is 1.39. The molecule has 0 spiro atoms. The van der Waals surface area contributed by atoms with Crippen LogP contribution in [0, 0.1) is 6.92 Å². The summed E-state index contributed by atoms with van der Waals surface area (Å²) < 4.78 is 0. The van der Waals surface area contributed by atoms with E-state index in [1.54, 1.807) is 12.1 Å². The first-order chi connectivity index (χ1) is 6.58. The van der Waals surface area contributed by atoms with Crippen LogP contribution < -0.4 is 0 Å². The molecule has 0 amide bonds. The van der Waals surface area contributed by atoms with Gasteiger partial charge in [-0.05, 0) is 30.7 Å². The summed E-state index contributed by atoms with van der Waals surface area (Å²) in [5.74, 6) is 0. The fraction of sp³-hybridized carbons (Fsp3) is 0.100. The van der Waals surface area contributed by atoms with Crippen molar-refractivity contribution in [3.8, 4) is 0 Å². The van der Waals surface area contributed by atoms with Crippen LogP contribution in [0.3, 0.4) is 0 Å². The summed E-state index contributed by atoms with van der Waals surface area (Å²) in [6.07, 6.45) is 0. The van der Waals surface area contributed by atoms with Crippen LogP contribution in [-0.4, -0.2) is 4.98 Å². The monoisotopic (exact) mass is 245 g/mol. The molecule has 0 saturated carbocycles. The molecule has 0 atom stereocenters. The van der Waals surface area contributed by atoms with Crippen LogP contribution in [0.25, 0.3) is 10.9 Å². The fourth-order valence-corrected chi connectivity index (χ4v) is 1.72. The van der Waals surface area contributed by atoms with Gasteiger partial charge in [0.05, 0.1) is 10.5 Å². The molecular weight excluding hydrogens is 240 g/mol. The summed E-state index contributed by atoms with van der Waals surface area (Å²) in [7, 11) is 0. The quantitative estimate of drug-likeness (QED) is 0.624. The van der Waals surface area contributed by atoms with Crippen molar-refractivity contribution in [2.45, 2.75) is 6.92 Å². The highest BCUT2D eigenvalue weighted by atomic mass is 35.5. The summed E-state index contributed by atoms with van der Waals surface area (Å²) in [5.41, 5.74) is 1.76. The van der Waals surface area contributed by atoms with Gasteiger partial charge in [-0.2, -0.15) is 0 Å². The Morgan fingerprint density at radius 2 is 1.71 bits per heavy atom. The largest absolute Gasteiger partial charge is 0.234 e. The molecule has 1 heterocycles. The first kappa shape index (κ1) is 10.0. The molecule has 0 saturated heterocycles. The Morgan fingerprint density at radius 1 is 1.00 bits per heavy atom. The Kier molecular flexibility index (Phi) is 2.56. The summed E-state index contributed by atoms with van der Waals surface area (Å²) in [5, 5.41) is 2.39. The third-order valence-corrected chi connectivity index (χ3v) is 3.09. The van der Waals surface area contributed by atoms with Gasteiger partial charge in [0.15, 0.2) is 0 Å². The summed E-state index contributed by atoms with van der Waals surface area (Å²) >= 11 is 17.6. The van der Waals surface area contributed by atoms with Gasteiger partial charge in [0.2, 0.25) is 0 Å².